The van der Waals surface area contributed by atoms with Gasteiger partial charge in [0.05, 0.1) is 16.9 Å². The molecule has 3 rings (SSSR count). The number of rotatable bonds is 4. The molecule has 0 amide bonds. The molecule has 0 saturated carbocycles. The fourth-order valence-corrected chi connectivity index (χ4v) is 2.23. The van der Waals surface area contributed by atoms with Crippen molar-refractivity contribution >= 4 is 17.3 Å². The van der Waals surface area contributed by atoms with E-state index in [1.54, 1.807) is 12.1 Å². The third-order valence-electron chi connectivity index (χ3n) is 3.40. The Bertz CT molecular complexity index is 762. The van der Waals surface area contributed by atoms with Crippen molar-refractivity contribution in [3.8, 4) is 0 Å². The molecule has 0 aliphatic heterocycles. The number of aromatic carboxylic acids is 1. The van der Waals surface area contributed by atoms with Crippen molar-refractivity contribution in [2.45, 2.75) is 5.92 Å². The van der Waals surface area contributed by atoms with E-state index in [0.29, 0.717) is 11.6 Å². The van der Waals surface area contributed by atoms with Crippen LogP contribution < -0.4 is 0 Å². The number of azo groups is 1. The molecule has 0 unspecified atom stereocenters. The molecule has 0 spiro atoms. The van der Waals surface area contributed by atoms with Crippen molar-refractivity contribution in [1.82, 2.24) is 0 Å². The summed E-state index contributed by atoms with van der Waals surface area (Å²) in [7, 11) is 0. The first-order chi connectivity index (χ1) is 10.7. The summed E-state index contributed by atoms with van der Waals surface area (Å²) in [6, 6.07) is 14.2. The van der Waals surface area contributed by atoms with Crippen LogP contribution in [0.1, 0.15) is 21.8 Å². The second kappa shape index (κ2) is 6.18. The van der Waals surface area contributed by atoms with E-state index in [1.807, 2.05) is 30.4 Å². The molecule has 4 heteroatoms. The smallest absolute Gasteiger partial charge is 0.335 e. The van der Waals surface area contributed by atoms with E-state index in [4.69, 9.17) is 5.11 Å². The Morgan fingerprint density at radius 3 is 2.27 bits per heavy atom. The van der Waals surface area contributed by atoms with Crippen LogP contribution in [0.4, 0.5) is 11.4 Å². The monoisotopic (exact) mass is 290 g/mol. The van der Waals surface area contributed by atoms with Gasteiger partial charge in [-0.15, -0.1) is 0 Å². The number of benzene rings is 2. The fourth-order valence-electron chi connectivity index (χ4n) is 2.23. The molecule has 0 bridgehead atoms. The van der Waals surface area contributed by atoms with Gasteiger partial charge in [-0.25, -0.2) is 4.79 Å². The highest BCUT2D eigenvalue weighted by Crippen LogP contribution is 2.27. The van der Waals surface area contributed by atoms with Gasteiger partial charge in [-0.2, -0.15) is 10.2 Å². The van der Waals surface area contributed by atoms with Crippen LogP contribution in [0, 0.1) is 0 Å². The third-order valence-corrected chi connectivity index (χ3v) is 3.40. The first-order valence-electron chi connectivity index (χ1n) is 6.92. The second-order valence-electron chi connectivity index (χ2n) is 4.94. The van der Waals surface area contributed by atoms with Gasteiger partial charge in [0.1, 0.15) is 0 Å². The zero-order valence-corrected chi connectivity index (χ0v) is 11.8. The Hall–Kier alpha value is -3.01. The number of carboxylic acids is 1. The Morgan fingerprint density at radius 2 is 1.59 bits per heavy atom. The van der Waals surface area contributed by atoms with Gasteiger partial charge in [-0.1, -0.05) is 36.4 Å². The number of hydrogen-bond acceptors (Lipinski definition) is 3. The Labute approximate surface area is 128 Å². The van der Waals surface area contributed by atoms with Gasteiger partial charge in [0.25, 0.3) is 0 Å². The molecule has 1 N–H and O–H groups in total. The Kier molecular flexibility index (Phi) is 3.92. The van der Waals surface area contributed by atoms with E-state index >= 15 is 0 Å². The van der Waals surface area contributed by atoms with Crippen LogP contribution >= 0.6 is 0 Å². The molecule has 0 atom stereocenters. The minimum Gasteiger partial charge on any atom is -0.478 e. The predicted molar refractivity (Wildman–Crippen MR) is 85.0 cm³/mol. The summed E-state index contributed by atoms with van der Waals surface area (Å²) in [6.45, 7) is 0. The second-order valence-corrected chi connectivity index (χ2v) is 4.94. The largest absolute Gasteiger partial charge is 0.478 e. The summed E-state index contributed by atoms with van der Waals surface area (Å²) in [5, 5.41) is 17.2. The maximum Gasteiger partial charge on any atom is 0.335 e. The molecule has 1 aliphatic carbocycles. The number of hydrogen-bond donors (Lipinski definition) is 1. The standard InChI is InChI=1S/C18H14N2O2/c21-18(22)14-8-10-16(11-9-14)19-20-17-7-3-6-15(12-17)13-4-1-2-5-13/h1-13H,(H,21,22). The van der Waals surface area contributed by atoms with Crippen molar-refractivity contribution < 1.29 is 9.90 Å². The molecule has 0 heterocycles. The van der Waals surface area contributed by atoms with E-state index in [1.165, 1.54) is 17.7 Å². The van der Waals surface area contributed by atoms with Gasteiger partial charge < -0.3 is 5.11 Å². The molecule has 22 heavy (non-hydrogen) atoms. The van der Waals surface area contributed by atoms with Gasteiger partial charge in [-0.05, 0) is 42.0 Å². The summed E-state index contributed by atoms with van der Waals surface area (Å²) in [5.41, 5.74) is 2.80. The van der Waals surface area contributed by atoms with E-state index in [2.05, 4.69) is 28.4 Å². The molecule has 0 radical (unpaired) electrons. The van der Waals surface area contributed by atoms with E-state index in [9.17, 15) is 4.79 Å². The number of nitrogens with zero attached hydrogens (tertiary/aromatic N) is 2. The van der Waals surface area contributed by atoms with Crippen LogP contribution in [0.2, 0.25) is 0 Å². The van der Waals surface area contributed by atoms with Crippen LogP contribution in [-0.4, -0.2) is 11.1 Å². The lowest BCUT2D eigenvalue weighted by atomic mass is 10.0. The van der Waals surface area contributed by atoms with Gasteiger partial charge in [-0.3, -0.25) is 0 Å². The quantitative estimate of drug-likeness (QED) is 0.804. The average Bonchev–Trinajstić information content (AvgIpc) is 3.08. The van der Waals surface area contributed by atoms with Crippen molar-refractivity contribution in [3.05, 3.63) is 84.0 Å². The zero-order chi connectivity index (χ0) is 15.4. The highest BCUT2D eigenvalue weighted by molar-refractivity contribution is 5.87. The number of carboxylic acid groups (broad SMARTS) is 1. The van der Waals surface area contributed by atoms with Gasteiger partial charge >= 0.3 is 5.97 Å². The molecule has 1 aliphatic rings. The molecule has 108 valence electrons. The van der Waals surface area contributed by atoms with Crippen LogP contribution in [0.25, 0.3) is 0 Å². The maximum atomic E-state index is 10.8. The lowest BCUT2D eigenvalue weighted by Crippen LogP contribution is -1.93. The summed E-state index contributed by atoms with van der Waals surface area (Å²) in [5.74, 6) is -0.654. The summed E-state index contributed by atoms with van der Waals surface area (Å²) in [6.07, 6.45) is 8.31. The molecule has 2 aromatic carbocycles. The zero-order valence-electron chi connectivity index (χ0n) is 11.8. The molecule has 4 nitrogen and oxygen atoms in total. The SMILES string of the molecule is O=C(O)c1ccc(N=Nc2cccc(C3C=CC=C3)c2)cc1. The van der Waals surface area contributed by atoms with Gasteiger partial charge in [0.2, 0.25) is 0 Å². The lowest BCUT2D eigenvalue weighted by molar-refractivity contribution is 0.0697. The lowest BCUT2D eigenvalue weighted by Gasteiger charge is -2.05. The van der Waals surface area contributed by atoms with Crippen molar-refractivity contribution in [2.75, 3.05) is 0 Å². The summed E-state index contributed by atoms with van der Waals surface area (Å²) in [4.78, 5) is 10.8. The van der Waals surface area contributed by atoms with Crippen LogP contribution in [-0.2, 0) is 0 Å². The number of carbonyl (C=O) groups is 1. The van der Waals surface area contributed by atoms with Crippen molar-refractivity contribution in [3.63, 3.8) is 0 Å². The fraction of sp³-hybridized carbons (Fsp3) is 0.0556. The first kappa shape index (κ1) is 13.9. The molecular weight excluding hydrogens is 276 g/mol. The van der Waals surface area contributed by atoms with Crippen molar-refractivity contribution in [1.29, 1.82) is 0 Å². The number of allylic oxidation sites excluding steroid dienone is 4. The average molecular weight is 290 g/mol. The molecule has 0 aromatic heterocycles. The van der Waals surface area contributed by atoms with E-state index in [0.717, 1.165) is 5.69 Å². The summed E-state index contributed by atoms with van der Waals surface area (Å²) >= 11 is 0. The van der Waals surface area contributed by atoms with Crippen molar-refractivity contribution in [2.24, 2.45) is 10.2 Å². The van der Waals surface area contributed by atoms with E-state index in [-0.39, 0.29) is 5.56 Å². The maximum absolute atomic E-state index is 10.8. The molecule has 0 fully saturated rings. The molecule has 0 saturated heterocycles. The van der Waals surface area contributed by atoms with Gasteiger partial charge in [0.15, 0.2) is 0 Å². The molecule has 2 aromatic rings. The highest BCUT2D eigenvalue weighted by Gasteiger charge is 2.07. The Morgan fingerprint density at radius 1 is 0.909 bits per heavy atom. The van der Waals surface area contributed by atoms with Gasteiger partial charge in [0, 0.05) is 5.92 Å². The minimum absolute atomic E-state index is 0.237. The third kappa shape index (κ3) is 3.17. The predicted octanol–water partition coefficient (Wildman–Crippen LogP) is 5.01. The normalized spacial score (nSPS) is 14.0. The van der Waals surface area contributed by atoms with Crippen LogP contribution in [0.3, 0.4) is 0 Å². The summed E-state index contributed by atoms with van der Waals surface area (Å²) < 4.78 is 0. The van der Waals surface area contributed by atoms with Crippen LogP contribution in [0.15, 0.2) is 83.1 Å². The topological polar surface area (TPSA) is 62.0 Å². The minimum atomic E-state index is -0.950. The Balaban J connectivity index is 1.77. The highest BCUT2D eigenvalue weighted by atomic mass is 16.4. The van der Waals surface area contributed by atoms with Crippen LogP contribution in [0.5, 0.6) is 0 Å². The van der Waals surface area contributed by atoms with E-state index < -0.39 is 5.97 Å². The molecular formula is C18H14N2O2. The first-order valence-corrected chi connectivity index (χ1v) is 6.92.